The third-order valence-corrected chi connectivity index (χ3v) is 4.31. The summed E-state index contributed by atoms with van der Waals surface area (Å²) in [4.78, 5) is 28.1. The van der Waals surface area contributed by atoms with Gasteiger partial charge in [0.15, 0.2) is 0 Å². The topological polar surface area (TPSA) is 58.1 Å². The lowest BCUT2D eigenvalue weighted by Gasteiger charge is -2.38. The van der Waals surface area contributed by atoms with E-state index in [2.05, 4.69) is 28.6 Å². The van der Waals surface area contributed by atoms with Crippen molar-refractivity contribution in [2.45, 2.75) is 25.8 Å². The molecule has 1 saturated heterocycles. The van der Waals surface area contributed by atoms with Crippen molar-refractivity contribution in [3.05, 3.63) is 75.1 Å². The first kappa shape index (κ1) is 14.5. The number of aryl methyl sites for hydroxylation is 1. The summed E-state index contributed by atoms with van der Waals surface area (Å²) in [6, 6.07) is 0.145. The Morgan fingerprint density at radius 2 is 2.00 bits per heavy atom. The molecule has 0 saturated carbocycles. The predicted octanol–water partition coefficient (Wildman–Crippen LogP) is 1.70. The number of allylic oxidation sites excluding steroid dienone is 4. The van der Waals surface area contributed by atoms with Gasteiger partial charge in [-0.25, -0.2) is 4.79 Å². The number of nitrogens with zero attached hydrogens (tertiary/aromatic N) is 2. The van der Waals surface area contributed by atoms with Gasteiger partial charge in [0.05, 0.1) is 0 Å². The molecular formula is C17H20N3O2-. The lowest BCUT2D eigenvalue weighted by molar-refractivity contribution is 0.228. The third-order valence-electron chi connectivity index (χ3n) is 4.31. The van der Waals surface area contributed by atoms with Crippen LogP contribution in [0.5, 0.6) is 0 Å². The first-order chi connectivity index (χ1) is 10.5. The highest BCUT2D eigenvalue weighted by Gasteiger charge is 2.21. The number of piperidine rings is 1. The molecule has 0 amide bonds. The molecule has 116 valence electrons. The van der Waals surface area contributed by atoms with Crippen molar-refractivity contribution in [3.8, 4) is 0 Å². The Balaban J connectivity index is 1.71. The number of rotatable bonds is 2. The van der Waals surface area contributed by atoms with Gasteiger partial charge < -0.3 is 4.90 Å². The molecule has 1 aliphatic carbocycles. The molecule has 1 aromatic rings. The monoisotopic (exact) mass is 298 g/mol. The van der Waals surface area contributed by atoms with Gasteiger partial charge in [0, 0.05) is 30.9 Å². The van der Waals surface area contributed by atoms with E-state index in [1.54, 1.807) is 17.7 Å². The van der Waals surface area contributed by atoms with Gasteiger partial charge in [-0.1, -0.05) is 0 Å². The van der Waals surface area contributed by atoms with E-state index < -0.39 is 0 Å². The van der Waals surface area contributed by atoms with Crippen LogP contribution in [0.3, 0.4) is 0 Å². The maximum atomic E-state index is 12.0. The van der Waals surface area contributed by atoms with Crippen molar-refractivity contribution < 1.29 is 0 Å². The molecule has 0 aromatic carbocycles. The normalized spacial score (nSPS) is 19.0. The van der Waals surface area contributed by atoms with Gasteiger partial charge in [-0.3, -0.25) is 14.3 Å². The molecule has 3 rings (SSSR count). The number of likely N-dealkylation sites (tertiary alicyclic amines) is 1. The highest BCUT2D eigenvalue weighted by Crippen LogP contribution is 2.25. The molecule has 0 unspecified atom stereocenters. The second-order valence-corrected chi connectivity index (χ2v) is 5.86. The number of hydrogen-bond acceptors (Lipinski definition) is 3. The molecular weight excluding hydrogens is 278 g/mol. The van der Waals surface area contributed by atoms with E-state index in [0.29, 0.717) is 5.56 Å². The Labute approximate surface area is 129 Å². The molecule has 5 nitrogen and oxygen atoms in total. The van der Waals surface area contributed by atoms with Gasteiger partial charge in [0.2, 0.25) is 0 Å². The lowest BCUT2D eigenvalue weighted by atomic mass is 10.0. The lowest BCUT2D eigenvalue weighted by Crippen LogP contribution is -2.39. The molecule has 22 heavy (non-hydrogen) atoms. The Hall–Kier alpha value is -2.43. The first-order valence-corrected chi connectivity index (χ1v) is 7.53. The fourth-order valence-corrected chi connectivity index (χ4v) is 2.97. The van der Waals surface area contributed by atoms with Gasteiger partial charge in [0.1, 0.15) is 0 Å². The second kappa shape index (κ2) is 5.75. The maximum absolute atomic E-state index is 12.0. The fourth-order valence-electron chi connectivity index (χ4n) is 2.97. The SMILES string of the molecule is C=C1C=CC(N2CCC(n3cc(C)c(=O)[nH]c3=O)CC2)=C[CH-]1. The number of aromatic nitrogens is 2. The van der Waals surface area contributed by atoms with Gasteiger partial charge in [-0.2, -0.15) is 12.2 Å². The number of hydrogen-bond donors (Lipinski definition) is 1. The molecule has 0 atom stereocenters. The summed E-state index contributed by atoms with van der Waals surface area (Å²) in [5.74, 6) is 0. The molecule has 0 bridgehead atoms. The average molecular weight is 298 g/mol. The fraction of sp³-hybridized carbons (Fsp3) is 0.353. The number of H-pyrrole nitrogens is 1. The van der Waals surface area contributed by atoms with Crippen LogP contribution in [0.15, 0.2) is 51.9 Å². The van der Waals surface area contributed by atoms with E-state index in [1.165, 1.54) is 5.70 Å². The minimum absolute atomic E-state index is 0.145. The Kier molecular flexibility index (Phi) is 3.79. The predicted molar refractivity (Wildman–Crippen MR) is 86.6 cm³/mol. The van der Waals surface area contributed by atoms with Crippen molar-refractivity contribution in [1.29, 1.82) is 0 Å². The molecule has 0 radical (unpaired) electrons. The minimum atomic E-state index is -0.310. The Morgan fingerprint density at radius 3 is 2.64 bits per heavy atom. The van der Waals surface area contributed by atoms with Crippen LogP contribution in [0.2, 0.25) is 0 Å². The summed E-state index contributed by atoms with van der Waals surface area (Å²) in [6.07, 6.45) is 11.6. The molecule has 2 aliphatic rings. The van der Waals surface area contributed by atoms with Crippen molar-refractivity contribution in [1.82, 2.24) is 14.5 Å². The molecule has 1 aromatic heterocycles. The summed E-state index contributed by atoms with van der Waals surface area (Å²) < 4.78 is 1.67. The van der Waals surface area contributed by atoms with E-state index in [-0.39, 0.29) is 17.3 Å². The highest BCUT2D eigenvalue weighted by atomic mass is 16.2. The number of aromatic amines is 1. The minimum Gasteiger partial charge on any atom is -0.410 e. The first-order valence-electron chi connectivity index (χ1n) is 7.53. The standard InChI is InChI=1S/C17H20N3O2/c1-12-3-5-14(6-4-12)19-9-7-15(8-10-19)20-11-13(2)16(21)18-17(20)22/h3-6,11,15H,1,7-10H2,2H3,(H,18,21,22)/q-1. The third kappa shape index (κ3) is 2.79. The second-order valence-electron chi connectivity index (χ2n) is 5.86. The largest absolute Gasteiger partial charge is 0.410 e. The van der Waals surface area contributed by atoms with Gasteiger partial charge in [-0.05, 0) is 25.5 Å². The summed E-state index contributed by atoms with van der Waals surface area (Å²) in [6.45, 7) is 7.41. The average Bonchev–Trinajstić information content (AvgIpc) is 2.52. The van der Waals surface area contributed by atoms with Crippen molar-refractivity contribution in [3.63, 3.8) is 0 Å². The van der Waals surface area contributed by atoms with E-state index >= 15 is 0 Å². The molecule has 2 heterocycles. The maximum Gasteiger partial charge on any atom is 0.328 e. The van der Waals surface area contributed by atoms with E-state index in [0.717, 1.165) is 31.5 Å². The zero-order valence-corrected chi connectivity index (χ0v) is 12.7. The van der Waals surface area contributed by atoms with E-state index in [9.17, 15) is 9.59 Å². The zero-order chi connectivity index (χ0) is 15.7. The Bertz CT molecular complexity index is 759. The van der Waals surface area contributed by atoms with Crippen molar-refractivity contribution in [2.75, 3.05) is 13.1 Å². The zero-order valence-electron chi connectivity index (χ0n) is 12.7. The van der Waals surface area contributed by atoms with Crippen LogP contribution in [0.25, 0.3) is 0 Å². The summed E-state index contributed by atoms with van der Waals surface area (Å²) in [5.41, 5.74) is 2.17. The molecule has 1 aliphatic heterocycles. The van der Waals surface area contributed by atoms with E-state index in [4.69, 9.17) is 0 Å². The van der Waals surface area contributed by atoms with Crippen LogP contribution in [0.4, 0.5) is 0 Å². The summed E-state index contributed by atoms with van der Waals surface area (Å²) in [7, 11) is 0. The van der Waals surface area contributed by atoms with Crippen LogP contribution in [-0.2, 0) is 0 Å². The van der Waals surface area contributed by atoms with Crippen LogP contribution in [-0.4, -0.2) is 27.5 Å². The van der Waals surface area contributed by atoms with Crippen LogP contribution in [0, 0.1) is 13.3 Å². The highest BCUT2D eigenvalue weighted by molar-refractivity contribution is 5.41. The van der Waals surface area contributed by atoms with Gasteiger partial charge in [0.25, 0.3) is 5.56 Å². The van der Waals surface area contributed by atoms with Gasteiger partial charge >= 0.3 is 5.69 Å². The Morgan fingerprint density at radius 1 is 1.27 bits per heavy atom. The smallest absolute Gasteiger partial charge is 0.328 e. The van der Waals surface area contributed by atoms with Crippen LogP contribution < -0.4 is 11.2 Å². The van der Waals surface area contributed by atoms with E-state index in [1.807, 2.05) is 12.5 Å². The summed E-state index contributed by atoms with van der Waals surface area (Å²) in [5, 5.41) is 0. The van der Waals surface area contributed by atoms with Gasteiger partial charge in [-0.15, -0.1) is 24.6 Å². The molecule has 1 fully saturated rings. The quantitative estimate of drug-likeness (QED) is 0.845. The molecule has 5 heteroatoms. The van der Waals surface area contributed by atoms with Crippen molar-refractivity contribution >= 4 is 0 Å². The van der Waals surface area contributed by atoms with Crippen LogP contribution in [0.1, 0.15) is 24.4 Å². The van der Waals surface area contributed by atoms with Crippen LogP contribution >= 0.6 is 0 Å². The molecule has 1 N–H and O–H groups in total. The summed E-state index contributed by atoms with van der Waals surface area (Å²) >= 11 is 0. The number of nitrogens with one attached hydrogen (secondary N) is 1. The molecule has 0 spiro atoms. The van der Waals surface area contributed by atoms with Crippen molar-refractivity contribution in [2.24, 2.45) is 0 Å².